The smallest absolute Gasteiger partial charge is 0.333 e. The molecule has 0 aromatic rings. The third-order valence-electron chi connectivity index (χ3n) is 8.11. The van der Waals surface area contributed by atoms with Gasteiger partial charge in [0.05, 0.1) is 0 Å². The minimum atomic E-state index is -0.653. The number of ether oxygens (including phenoxy) is 1. The van der Waals surface area contributed by atoms with E-state index < -0.39 is 4.93 Å². The molecule has 3 saturated carbocycles. The lowest BCUT2D eigenvalue weighted by Crippen LogP contribution is -2.50. The van der Waals surface area contributed by atoms with E-state index in [1.165, 1.54) is 11.6 Å². The fourth-order valence-electron chi connectivity index (χ4n) is 6.62. The second-order valence-electron chi connectivity index (χ2n) is 9.18. The Labute approximate surface area is 159 Å². The van der Waals surface area contributed by atoms with E-state index in [1.807, 2.05) is 5.41 Å². The van der Waals surface area contributed by atoms with E-state index in [4.69, 9.17) is 4.74 Å². The second kappa shape index (κ2) is 5.37. The number of Topliss-reactive ketones (excluding diaryl/α,β-unsaturated/α-hetero) is 1. The molecule has 3 nitrogen and oxygen atoms in total. The molecule has 1 aliphatic heterocycles. The molecule has 0 radical (unpaired) electrons. The molecular weight excluding hydrogens is 344 g/mol. The Bertz CT molecular complexity index is 780. The van der Waals surface area contributed by atoms with Gasteiger partial charge in [-0.1, -0.05) is 37.3 Å². The van der Waals surface area contributed by atoms with Gasteiger partial charge >= 0.3 is 5.97 Å². The highest BCUT2D eigenvalue weighted by molar-refractivity contribution is 8.03. The Morgan fingerprint density at radius 2 is 1.92 bits per heavy atom. The number of esters is 1. The summed E-state index contributed by atoms with van der Waals surface area (Å²) in [5, 5.41) is 1.84. The molecule has 4 heteroatoms. The summed E-state index contributed by atoms with van der Waals surface area (Å²) in [7, 11) is 0. The second-order valence-corrected chi connectivity index (χ2v) is 10.3. The van der Waals surface area contributed by atoms with E-state index in [2.05, 4.69) is 32.1 Å². The van der Waals surface area contributed by atoms with Crippen LogP contribution in [0.5, 0.6) is 0 Å². The largest absolute Gasteiger partial charge is 0.437 e. The first kappa shape index (κ1) is 16.9. The quantitative estimate of drug-likeness (QED) is 0.454. The van der Waals surface area contributed by atoms with Crippen molar-refractivity contribution in [2.24, 2.45) is 28.6 Å². The normalized spacial score (nSPS) is 49.3. The lowest BCUT2D eigenvalue weighted by molar-refractivity contribution is -0.141. The summed E-state index contributed by atoms with van der Waals surface area (Å²) < 4.78 is 5.67. The molecule has 5 rings (SSSR count). The van der Waals surface area contributed by atoms with Crippen LogP contribution in [0.4, 0.5) is 0 Å². The van der Waals surface area contributed by atoms with Gasteiger partial charge in [-0.15, -0.1) is 0 Å². The van der Waals surface area contributed by atoms with Crippen LogP contribution < -0.4 is 0 Å². The number of carbonyl (C=O) groups excluding carboxylic acids is 2. The summed E-state index contributed by atoms with van der Waals surface area (Å²) in [4.78, 5) is 23.6. The zero-order valence-electron chi connectivity index (χ0n) is 15.5. The summed E-state index contributed by atoms with van der Waals surface area (Å²) in [6.07, 6.45) is 14.3. The lowest BCUT2D eigenvalue weighted by atomic mass is 9.48. The van der Waals surface area contributed by atoms with Crippen LogP contribution in [0.3, 0.4) is 0 Å². The van der Waals surface area contributed by atoms with Crippen LogP contribution in [0.1, 0.15) is 52.4 Å². The summed E-state index contributed by atoms with van der Waals surface area (Å²) in [5.74, 6) is 2.03. The molecule has 1 spiro atoms. The fraction of sp³-hybridized carbons (Fsp3) is 0.636. The summed E-state index contributed by atoms with van der Waals surface area (Å²) >= 11 is 1.56. The number of hydrogen-bond donors (Lipinski definition) is 0. The third kappa shape index (κ3) is 2.14. The molecule has 138 valence electrons. The summed E-state index contributed by atoms with van der Waals surface area (Å²) in [6, 6.07) is 0. The molecule has 1 heterocycles. The Morgan fingerprint density at radius 1 is 1.08 bits per heavy atom. The van der Waals surface area contributed by atoms with Crippen molar-refractivity contribution >= 4 is 23.5 Å². The maximum absolute atomic E-state index is 12.5. The van der Waals surface area contributed by atoms with Crippen molar-refractivity contribution in [3.05, 3.63) is 35.3 Å². The average molecular weight is 371 g/mol. The van der Waals surface area contributed by atoms with Gasteiger partial charge in [0.1, 0.15) is 5.78 Å². The fourth-order valence-corrected chi connectivity index (χ4v) is 7.50. The first-order valence-electron chi connectivity index (χ1n) is 9.90. The molecule has 6 atom stereocenters. The molecule has 5 aliphatic rings. The van der Waals surface area contributed by atoms with Gasteiger partial charge in [-0.3, -0.25) is 4.79 Å². The van der Waals surface area contributed by atoms with Crippen molar-refractivity contribution in [1.29, 1.82) is 0 Å². The van der Waals surface area contributed by atoms with Crippen molar-refractivity contribution in [1.82, 2.24) is 0 Å². The van der Waals surface area contributed by atoms with Gasteiger partial charge in [-0.05, 0) is 67.4 Å². The first-order chi connectivity index (χ1) is 12.4. The van der Waals surface area contributed by atoms with Crippen molar-refractivity contribution in [2.45, 2.75) is 57.3 Å². The van der Waals surface area contributed by atoms with Crippen LogP contribution in [-0.4, -0.2) is 16.7 Å². The van der Waals surface area contributed by atoms with Gasteiger partial charge in [0.15, 0.2) is 4.93 Å². The highest BCUT2D eigenvalue weighted by atomic mass is 32.2. The van der Waals surface area contributed by atoms with Gasteiger partial charge in [-0.25, -0.2) is 4.79 Å². The van der Waals surface area contributed by atoms with Crippen molar-refractivity contribution in [2.75, 3.05) is 0 Å². The number of rotatable bonds is 0. The van der Waals surface area contributed by atoms with Gasteiger partial charge < -0.3 is 4.74 Å². The maximum atomic E-state index is 12.5. The Morgan fingerprint density at radius 3 is 2.73 bits per heavy atom. The predicted octanol–water partition coefficient (Wildman–Crippen LogP) is 4.79. The third-order valence-corrected chi connectivity index (χ3v) is 9.09. The SMILES string of the molecule is C[C@]12C=CC3(C=C1CC[C@@H]1[C@@H]2CC[C@]2(C)C(=O)CC[C@@H]12)OC(=O)C=CS3. The van der Waals surface area contributed by atoms with Crippen LogP contribution >= 0.6 is 11.8 Å². The van der Waals surface area contributed by atoms with Gasteiger partial charge in [0.25, 0.3) is 0 Å². The zero-order valence-corrected chi connectivity index (χ0v) is 16.3. The number of thioether (sulfide) groups is 1. The van der Waals surface area contributed by atoms with Gasteiger partial charge in [-0.2, -0.15) is 0 Å². The number of hydrogen-bond acceptors (Lipinski definition) is 4. The monoisotopic (exact) mass is 370 g/mol. The molecule has 0 bridgehead atoms. The van der Waals surface area contributed by atoms with E-state index in [0.29, 0.717) is 23.5 Å². The Kier molecular flexibility index (Phi) is 3.48. The molecule has 1 unspecified atom stereocenters. The van der Waals surface area contributed by atoms with E-state index in [-0.39, 0.29) is 16.8 Å². The molecule has 3 fully saturated rings. The van der Waals surface area contributed by atoms with Gasteiger partial charge in [0.2, 0.25) is 0 Å². The van der Waals surface area contributed by atoms with Crippen LogP contribution in [0.25, 0.3) is 0 Å². The minimum Gasteiger partial charge on any atom is -0.437 e. The number of carbonyl (C=O) groups is 2. The number of allylic oxidation sites excluding steroid dienone is 2. The zero-order chi connectivity index (χ0) is 18.2. The average Bonchev–Trinajstić information content (AvgIpc) is 2.91. The lowest BCUT2D eigenvalue weighted by Gasteiger charge is -2.56. The Balaban J connectivity index is 1.48. The van der Waals surface area contributed by atoms with Gasteiger partial charge in [0, 0.05) is 23.3 Å². The summed E-state index contributed by atoms with van der Waals surface area (Å²) in [6.45, 7) is 4.59. The van der Waals surface area contributed by atoms with E-state index in [9.17, 15) is 9.59 Å². The predicted molar refractivity (Wildman–Crippen MR) is 102 cm³/mol. The molecule has 0 N–H and O–H groups in total. The van der Waals surface area contributed by atoms with E-state index in [1.54, 1.807) is 11.8 Å². The van der Waals surface area contributed by atoms with Crippen molar-refractivity contribution < 1.29 is 14.3 Å². The van der Waals surface area contributed by atoms with Crippen molar-refractivity contribution in [3.63, 3.8) is 0 Å². The first-order valence-corrected chi connectivity index (χ1v) is 10.8. The van der Waals surface area contributed by atoms with Crippen LogP contribution in [0.2, 0.25) is 0 Å². The van der Waals surface area contributed by atoms with E-state index in [0.717, 1.165) is 38.5 Å². The van der Waals surface area contributed by atoms with E-state index >= 15 is 0 Å². The summed E-state index contributed by atoms with van der Waals surface area (Å²) in [5.41, 5.74) is 1.39. The highest BCUT2D eigenvalue weighted by Crippen LogP contribution is 2.64. The molecule has 0 saturated heterocycles. The van der Waals surface area contributed by atoms with Crippen LogP contribution in [0.15, 0.2) is 35.3 Å². The van der Waals surface area contributed by atoms with Crippen LogP contribution in [0, 0.1) is 28.6 Å². The number of fused-ring (bicyclic) bond motifs is 5. The Hall–Kier alpha value is -1.29. The topological polar surface area (TPSA) is 43.4 Å². The standard InChI is InChI=1S/C22H26O3S/c1-20-10-11-22(25-19(24)8-12-26-22)13-14(20)3-4-15-16-5-6-18(23)21(16,2)9-7-17(15)20/h8,10-13,15-17H,3-7,9H2,1-2H3/t15-,16-,17-,20-,21-,22?/m0/s1. The molecule has 4 aliphatic carbocycles. The number of ketones is 1. The molecule has 0 aromatic heterocycles. The molecular formula is C22H26O3S. The van der Waals surface area contributed by atoms with Crippen molar-refractivity contribution in [3.8, 4) is 0 Å². The minimum absolute atomic E-state index is 0.0370. The maximum Gasteiger partial charge on any atom is 0.333 e. The molecule has 26 heavy (non-hydrogen) atoms. The molecule has 0 aromatic carbocycles. The molecule has 0 amide bonds. The van der Waals surface area contributed by atoms with Crippen LogP contribution in [-0.2, 0) is 14.3 Å². The highest BCUT2D eigenvalue weighted by Gasteiger charge is 2.59.